The highest BCUT2D eigenvalue weighted by molar-refractivity contribution is 7.16. The van der Waals surface area contributed by atoms with Gasteiger partial charge in [0, 0.05) is 26.2 Å². The Balaban J connectivity index is 1.69. The fraction of sp³-hybridized carbons (Fsp3) is 0.353. The molecule has 7 heteroatoms. The number of aromatic nitrogens is 3. The normalized spacial score (nSPS) is 12.1. The molecule has 0 unspecified atom stereocenters. The minimum Gasteiger partial charge on any atom is -0.318 e. The van der Waals surface area contributed by atoms with Gasteiger partial charge in [0.1, 0.15) is 0 Å². The molecule has 24 heavy (non-hydrogen) atoms. The maximum absolute atomic E-state index is 12.1. The molecule has 2 aromatic heterocycles. The van der Waals surface area contributed by atoms with E-state index in [9.17, 15) is 4.79 Å². The van der Waals surface area contributed by atoms with E-state index in [0.717, 1.165) is 32.0 Å². The fourth-order valence-electron chi connectivity index (χ4n) is 2.77. The summed E-state index contributed by atoms with van der Waals surface area (Å²) in [5, 5.41) is 8.64. The van der Waals surface area contributed by atoms with E-state index in [4.69, 9.17) is 0 Å². The molecular formula is C17H21N5OS. The number of nitrogens with zero attached hydrogens (tertiary/aromatic N) is 4. The third kappa shape index (κ3) is 3.12. The zero-order valence-electron chi connectivity index (χ0n) is 14.3. The Bertz CT molecular complexity index is 963. The summed E-state index contributed by atoms with van der Waals surface area (Å²) in [7, 11) is 3.87. The predicted molar refractivity (Wildman–Crippen MR) is 95.5 cm³/mol. The Hall–Kier alpha value is -2.41. The molecular weight excluding hydrogens is 322 g/mol. The van der Waals surface area contributed by atoms with E-state index in [-0.39, 0.29) is 5.91 Å². The molecule has 1 N–H and O–H groups in total. The van der Waals surface area contributed by atoms with Gasteiger partial charge in [-0.25, -0.2) is 5.43 Å². The largest absolute Gasteiger partial charge is 0.318 e. The summed E-state index contributed by atoms with van der Waals surface area (Å²) >= 11 is 1.56. The van der Waals surface area contributed by atoms with Gasteiger partial charge in [0.05, 0.1) is 15.9 Å². The molecule has 0 saturated carbocycles. The van der Waals surface area contributed by atoms with Crippen LogP contribution in [0.1, 0.15) is 23.4 Å². The van der Waals surface area contributed by atoms with Crippen molar-refractivity contribution in [3.8, 4) is 0 Å². The van der Waals surface area contributed by atoms with Crippen molar-refractivity contribution in [2.24, 2.45) is 19.2 Å². The van der Waals surface area contributed by atoms with Crippen LogP contribution in [0.3, 0.4) is 0 Å². The number of amides is 1. The molecule has 0 aliphatic rings. The van der Waals surface area contributed by atoms with Crippen LogP contribution in [0.15, 0.2) is 29.4 Å². The quantitative estimate of drug-likeness (QED) is 0.738. The number of hydrogen-bond donors (Lipinski definition) is 1. The second-order valence-corrected chi connectivity index (χ2v) is 6.84. The number of nitrogens with one attached hydrogen (secondary N) is 1. The smallest absolute Gasteiger partial charge is 0.240 e. The highest BCUT2D eigenvalue weighted by atomic mass is 32.1. The molecule has 0 saturated heterocycles. The van der Waals surface area contributed by atoms with E-state index in [1.807, 2.05) is 55.4 Å². The monoisotopic (exact) mass is 343 g/mol. The zero-order chi connectivity index (χ0) is 17.3. The third-order valence-corrected chi connectivity index (χ3v) is 5.36. The van der Waals surface area contributed by atoms with Crippen molar-refractivity contribution >= 4 is 27.5 Å². The topological polar surface area (TPSA) is 64.2 Å². The van der Waals surface area contributed by atoms with Crippen LogP contribution >= 0.6 is 11.3 Å². The number of carbonyl (C=O) groups excluding carboxylic acids is 1. The van der Waals surface area contributed by atoms with Crippen LogP contribution in [0.5, 0.6) is 0 Å². The molecule has 6 nitrogen and oxygen atoms in total. The summed E-state index contributed by atoms with van der Waals surface area (Å²) in [5.74, 6) is -0.0879. The van der Waals surface area contributed by atoms with Gasteiger partial charge in [-0.15, -0.1) is 5.10 Å². The van der Waals surface area contributed by atoms with Crippen molar-refractivity contribution in [1.82, 2.24) is 19.8 Å². The molecule has 126 valence electrons. The summed E-state index contributed by atoms with van der Waals surface area (Å²) in [6.45, 7) is 4.00. The van der Waals surface area contributed by atoms with Gasteiger partial charge in [-0.2, -0.15) is 5.10 Å². The van der Waals surface area contributed by atoms with Crippen LogP contribution in [0.4, 0.5) is 0 Å². The molecule has 0 aliphatic heterocycles. The number of carbonyl (C=O) groups is 1. The van der Waals surface area contributed by atoms with Gasteiger partial charge in [0.2, 0.25) is 10.7 Å². The second kappa shape index (κ2) is 6.60. The maximum atomic E-state index is 12.1. The molecule has 0 spiro atoms. The summed E-state index contributed by atoms with van der Waals surface area (Å²) in [6.07, 6.45) is 1.07. The first-order valence-corrected chi connectivity index (χ1v) is 8.65. The van der Waals surface area contributed by atoms with E-state index in [1.165, 1.54) is 0 Å². The second-order valence-electron chi connectivity index (χ2n) is 5.83. The van der Waals surface area contributed by atoms with Crippen LogP contribution < -0.4 is 10.2 Å². The summed E-state index contributed by atoms with van der Waals surface area (Å²) < 4.78 is 4.98. The van der Waals surface area contributed by atoms with E-state index >= 15 is 0 Å². The van der Waals surface area contributed by atoms with Crippen LogP contribution in [-0.4, -0.2) is 20.3 Å². The van der Waals surface area contributed by atoms with Crippen molar-refractivity contribution in [2.45, 2.75) is 26.7 Å². The van der Waals surface area contributed by atoms with Crippen LogP contribution in [-0.2, 0) is 25.3 Å². The van der Waals surface area contributed by atoms with Crippen molar-refractivity contribution in [3.63, 3.8) is 0 Å². The minimum atomic E-state index is -0.0879. The molecule has 0 fully saturated rings. The Morgan fingerprint density at radius 1 is 1.29 bits per heavy atom. The zero-order valence-corrected chi connectivity index (χ0v) is 15.1. The van der Waals surface area contributed by atoms with Crippen molar-refractivity contribution < 1.29 is 4.79 Å². The lowest BCUT2D eigenvalue weighted by Gasteiger charge is -2.02. The highest BCUT2D eigenvalue weighted by Gasteiger charge is 2.11. The van der Waals surface area contributed by atoms with Gasteiger partial charge in [-0.1, -0.05) is 23.5 Å². The number of benzene rings is 1. The van der Waals surface area contributed by atoms with Gasteiger partial charge < -0.3 is 4.57 Å². The fourth-order valence-corrected chi connectivity index (χ4v) is 3.75. The predicted octanol–water partition coefficient (Wildman–Crippen LogP) is 2.15. The Kier molecular flexibility index (Phi) is 4.53. The summed E-state index contributed by atoms with van der Waals surface area (Å²) in [5.41, 5.74) is 7.00. The summed E-state index contributed by atoms with van der Waals surface area (Å²) in [6, 6.07) is 8.09. The standard InChI is InChI=1S/C17H21N5OS/c1-11-13(12(2)22(4)20-11)9-10-16(23)18-19-17-21(3)14-7-5-6-8-15(14)24-17/h5-8H,9-10H2,1-4H3,(H,18,23)/b19-17+. The number of para-hydroxylation sites is 1. The maximum Gasteiger partial charge on any atom is 0.240 e. The average molecular weight is 343 g/mol. The molecule has 1 amide bonds. The first-order valence-electron chi connectivity index (χ1n) is 7.83. The minimum absolute atomic E-state index is 0.0879. The molecule has 1 aromatic carbocycles. The van der Waals surface area contributed by atoms with Gasteiger partial charge >= 0.3 is 0 Å². The van der Waals surface area contributed by atoms with E-state index in [2.05, 4.69) is 21.7 Å². The lowest BCUT2D eigenvalue weighted by molar-refractivity contribution is -0.121. The Morgan fingerprint density at radius 3 is 2.71 bits per heavy atom. The van der Waals surface area contributed by atoms with E-state index in [1.54, 1.807) is 11.3 Å². The highest BCUT2D eigenvalue weighted by Crippen LogP contribution is 2.15. The third-order valence-electron chi connectivity index (χ3n) is 4.25. The van der Waals surface area contributed by atoms with E-state index in [0.29, 0.717) is 12.8 Å². The summed E-state index contributed by atoms with van der Waals surface area (Å²) in [4.78, 5) is 12.9. The number of aryl methyl sites for hydroxylation is 3. The van der Waals surface area contributed by atoms with Gasteiger partial charge in [0.15, 0.2) is 0 Å². The first-order chi connectivity index (χ1) is 11.5. The van der Waals surface area contributed by atoms with E-state index < -0.39 is 0 Å². The van der Waals surface area contributed by atoms with Gasteiger partial charge in [-0.3, -0.25) is 9.48 Å². The number of fused-ring (bicyclic) bond motifs is 1. The number of hydrogen-bond acceptors (Lipinski definition) is 4. The van der Waals surface area contributed by atoms with Crippen LogP contribution in [0.2, 0.25) is 0 Å². The lowest BCUT2D eigenvalue weighted by atomic mass is 10.1. The SMILES string of the molecule is Cc1nn(C)c(C)c1CCC(=O)N/N=c1/sc2ccccc2n1C. The van der Waals surface area contributed by atoms with Gasteiger partial charge in [-0.05, 0) is 38.0 Å². The molecule has 0 atom stereocenters. The number of rotatable bonds is 4. The Labute approximate surface area is 144 Å². The molecule has 0 radical (unpaired) electrons. The van der Waals surface area contributed by atoms with Crippen LogP contribution in [0.25, 0.3) is 10.2 Å². The van der Waals surface area contributed by atoms with Crippen LogP contribution in [0, 0.1) is 13.8 Å². The molecule has 0 bridgehead atoms. The molecule has 2 heterocycles. The van der Waals surface area contributed by atoms with Crippen molar-refractivity contribution in [1.29, 1.82) is 0 Å². The average Bonchev–Trinajstić information content (AvgIpc) is 3.01. The molecule has 3 rings (SSSR count). The molecule has 0 aliphatic carbocycles. The van der Waals surface area contributed by atoms with Crippen molar-refractivity contribution in [3.05, 3.63) is 46.0 Å². The molecule has 3 aromatic rings. The Morgan fingerprint density at radius 2 is 2.04 bits per heavy atom. The first kappa shape index (κ1) is 16.4. The van der Waals surface area contributed by atoms with Crippen molar-refractivity contribution in [2.75, 3.05) is 0 Å². The lowest BCUT2D eigenvalue weighted by Crippen LogP contribution is -2.23. The van der Waals surface area contributed by atoms with Gasteiger partial charge in [0.25, 0.3) is 0 Å². The number of thiazole rings is 1.